The highest BCUT2D eigenvalue weighted by Crippen LogP contribution is 2.24. The quantitative estimate of drug-likeness (QED) is 0.568. The molecule has 1 aliphatic rings. The molecular weight excluding hydrogens is 348 g/mol. The maximum atomic E-state index is 12.6. The lowest BCUT2D eigenvalue weighted by atomic mass is 10.1. The van der Waals surface area contributed by atoms with Crippen molar-refractivity contribution in [3.05, 3.63) is 78.0 Å². The van der Waals surface area contributed by atoms with Crippen molar-refractivity contribution in [3.8, 4) is 11.3 Å². The third-order valence-electron chi connectivity index (χ3n) is 4.05. The molecule has 3 heterocycles. The van der Waals surface area contributed by atoms with Crippen LogP contribution in [0.2, 0.25) is 0 Å². The Hall–Kier alpha value is -3.87. The van der Waals surface area contributed by atoms with Crippen molar-refractivity contribution in [2.45, 2.75) is 6.54 Å². The van der Waals surface area contributed by atoms with Crippen LogP contribution in [0.15, 0.2) is 75.3 Å². The van der Waals surface area contributed by atoms with Crippen molar-refractivity contribution >= 4 is 23.9 Å². The zero-order valence-corrected chi connectivity index (χ0v) is 14.0. The smallest absolute Gasteiger partial charge is 0.331 e. The highest BCUT2D eigenvalue weighted by molar-refractivity contribution is 6.30. The molecule has 3 aromatic rings. The molecule has 0 unspecified atom stereocenters. The second kappa shape index (κ2) is 6.80. The summed E-state index contributed by atoms with van der Waals surface area (Å²) in [6.45, 7) is -0.0737. The number of hydrogen-bond acceptors (Lipinski definition) is 5. The van der Waals surface area contributed by atoms with E-state index in [1.165, 1.54) is 12.3 Å². The fourth-order valence-corrected chi connectivity index (χ4v) is 2.73. The maximum absolute atomic E-state index is 12.6. The van der Waals surface area contributed by atoms with Gasteiger partial charge in [0.15, 0.2) is 0 Å². The van der Waals surface area contributed by atoms with Gasteiger partial charge in [0.2, 0.25) is 0 Å². The van der Waals surface area contributed by atoms with Crippen LogP contribution in [0.1, 0.15) is 11.5 Å². The van der Waals surface area contributed by atoms with Crippen molar-refractivity contribution in [1.29, 1.82) is 0 Å². The highest BCUT2D eigenvalue weighted by atomic mass is 16.3. The van der Waals surface area contributed by atoms with Crippen LogP contribution in [0.4, 0.5) is 4.79 Å². The molecule has 7 nitrogen and oxygen atoms in total. The van der Waals surface area contributed by atoms with Crippen LogP contribution in [0.5, 0.6) is 0 Å². The lowest BCUT2D eigenvalue weighted by Crippen LogP contribution is -2.53. The van der Waals surface area contributed by atoms with Crippen molar-refractivity contribution in [2.24, 2.45) is 0 Å². The molecule has 1 saturated heterocycles. The molecule has 1 fully saturated rings. The lowest BCUT2D eigenvalue weighted by Gasteiger charge is -2.25. The van der Waals surface area contributed by atoms with Gasteiger partial charge in [-0.2, -0.15) is 0 Å². The van der Waals surface area contributed by atoms with Crippen LogP contribution in [0.25, 0.3) is 17.4 Å². The Morgan fingerprint density at radius 2 is 1.78 bits per heavy atom. The number of carbonyl (C=O) groups excluding carboxylic acids is 3. The minimum Gasteiger partial charge on any atom is -0.467 e. The summed E-state index contributed by atoms with van der Waals surface area (Å²) in [6, 6.07) is 15.3. The number of furan rings is 2. The van der Waals surface area contributed by atoms with E-state index in [2.05, 4.69) is 5.32 Å². The molecule has 2 aromatic heterocycles. The highest BCUT2D eigenvalue weighted by Gasteiger charge is 2.36. The summed E-state index contributed by atoms with van der Waals surface area (Å²) in [5, 5.41) is 2.16. The molecule has 0 saturated carbocycles. The number of nitrogens with zero attached hydrogens (tertiary/aromatic N) is 1. The molecule has 0 aliphatic carbocycles. The number of hydrogen-bond donors (Lipinski definition) is 1. The molecule has 27 heavy (non-hydrogen) atoms. The number of barbiturate groups is 1. The monoisotopic (exact) mass is 362 g/mol. The van der Waals surface area contributed by atoms with Gasteiger partial charge in [-0.15, -0.1) is 0 Å². The normalized spacial score (nSPS) is 16.1. The van der Waals surface area contributed by atoms with Gasteiger partial charge in [-0.3, -0.25) is 19.8 Å². The average Bonchev–Trinajstić information content (AvgIpc) is 3.35. The van der Waals surface area contributed by atoms with Crippen LogP contribution in [0, 0.1) is 0 Å². The lowest BCUT2D eigenvalue weighted by molar-refractivity contribution is -0.130. The number of carbonyl (C=O) groups is 3. The van der Waals surface area contributed by atoms with E-state index in [1.54, 1.807) is 24.3 Å². The third-order valence-corrected chi connectivity index (χ3v) is 4.05. The van der Waals surface area contributed by atoms with Crippen LogP contribution in [-0.2, 0) is 16.1 Å². The van der Waals surface area contributed by atoms with Gasteiger partial charge in [-0.25, -0.2) is 4.79 Å². The summed E-state index contributed by atoms with van der Waals surface area (Å²) in [5.74, 6) is -0.109. The molecule has 1 N–H and O–H groups in total. The van der Waals surface area contributed by atoms with E-state index >= 15 is 0 Å². The Labute approximate surface area is 153 Å². The molecule has 4 amide bonds. The Morgan fingerprint density at radius 1 is 0.963 bits per heavy atom. The van der Waals surface area contributed by atoms with Crippen LogP contribution in [-0.4, -0.2) is 22.7 Å². The minimum atomic E-state index is -0.789. The molecule has 1 aliphatic heterocycles. The van der Waals surface area contributed by atoms with Gasteiger partial charge >= 0.3 is 6.03 Å². The summed E-state index contributed by atoms with van der Waals surface area (Å²) in [5.41, 5.74) is 0.686. The van der Waals surface area contributed by atoms with Gasteiger partial charge in [0.1, 0.15) is 22.9 Å². The van der Waals surface area contributed by atoms with Gasteiger partial charge < -0.3 is 8.83 Å². The van der Waals surface area contributed by atoms with E-state index in [0.717, 1.165) is 10.5 Å². The first-order valence-corrected chi connectivity index (χ1v) is 8.18. The summed E-state index contributed by atoms with van der Waals surface area (Å²) in [6.07, 6.45) is 2.77. The largest absolute Gasteiger partial charge is 0.467 e. The Kier molecular flexibility index (Phi) is 4.18. The molecule has 1 aromatic carbocycles. The van der Waals surface area contributed by atoms with E-state index in [0.29, 0.717) is 17.3 Å². The number of benzene rings is 1. The average molecular weight is 362 g/mol. The number of imide groups is 2. The predicted octanol–water partition coefficient (Wildman–Crippen LogP) is 3.20. The van der Waals surface area contributed by atoms with Crippen molar-refractivity contribution in [2.75, 3.05) is 0 Å². The van der Waals surface area contributed by atoms with E-state index in [1.807, 2.05) is 30.3 Å². The standard InChI is InChI=1S/C20H14N2O5/c23-18-16(11-14-8-9-17(27-14)13-5-2-1-3-6-13)19(24)22(20(25)21-18)12-15-7-4-10-26-15/h1-11H,12H2,(H,21,23,25)/b16-11-. The Balaban J connectivity index is 1.61. The fraction of sp³-hybridized carbons (Fsp3) is 0.0500. The Morgan fingerprint density at radius 3 is 2.52 bits per heavy atom. The van der Waals surface area contributed by atoms with Crippen molar-refractivity contribution in [1.82, 2.24) is 10.2 Å². The molecule has 4 rings (SSSR count). The second-order valence-corrected chi connectivity index (χ2v) is 5.86. The maximum Gasteiger partial charge on any atom is 0.331 e. The van der Waals surface area contributed by atoms with E-state index in [-0.39, 0.29) is 12.1 Å². The van der Waals surface area contributed by atoms with E-state index in [9.17, 15) is 14.4 Å². The van der Waals surface area contributed by atoms with Gasteiger partial charge in [-0.1, -0.05) is 30.3 Å². The SMILES string of the molecule is O=C1NC(=O)N(Cc2ccco2)C(=O)/C1=C\c1ccc(-c2ccccc2)o1. The van der Waals surface area contributed by atoms with E-state index < -0.39 is 17.8 Å². The number of amides is 4. The molecule has 0 radical (unpaired) electrons. The minimum absolute atomic E-state index is 0.0737. The van der Waals surface area contributed by atoms with Crippen molar-refractivity contribution in [3.63, 3.8) is 0 Å². The first kappa shape index (κ1) is 16.6. The number of nitrogens with one attached hydrogen (secondary N) is 1. The topological polar surface area (TPSA) is 92.8 Å². The second-order valence-electron chi connectivity index (χ2n) is 5.86. The summed E-state index contributed by atoms with van der Waals surface area (Å²) in [7, 11) is 0. The van der Waals surface area contributed by atoms with Crippen LogP contribution in [0.3, 0.4) is 0 Å². The molecule has 0 spiro atoms. The summed E-state index contributed by atoms with van der Waals surface area (Å²) >= 11 is 0. The number of urea groups is 1. The van der Waals surface area contributed by atoms with Crippen molar-refractivity contribution < 1.29 is 23.2 Å². The number of rotatable bonds is 4. The van der Waals surface area contributed by atoms with Gasteiger partial charge in [0.25, 0.3) is 11.8 Å². The molecule has 0 atom stereocenters. The van der Waals surface area contributed by atoms with Crippen LogP contribution < -0.4 is 5.32 Å². The van der Waals surface area contributed by atoms with Gasteiger partial charge in [0, 0.05) is 5.56 Å². The first-order valence-electron chi connectivity index (χ1n) is 8.18. The molecule has 134 valence electrons. The van der Waals surface area contributed by atoms with Crippen LogP contribution >= 0.6 is 0 Å². The third kappa shape index (κ3) is 3.30. The van der Waals surface area contributed by atoms with E-state index in [4.69, 9.17) is 8.83 Å². The zero-order valence-electron chi connectivity index (χ0n) is 14.0. The van der Waals surface area contributed by atoms with Gasteiger partial charge in [0.05, 0.1) is 12.8 Å². The fourth-order valence-electron chi connectivity index (χ4n) is 2.73. The Bertz CT molecular complexity index is 1030. The first-order chi connectivity index (χ1) is 13.1. The molecule has 7 heteroatoms. The zero-order chi connectivity index (χ0) is 18.8. The predicted molar refractivity (Wildman–Crippen MR) is 94.9 cm³/mol. The summed E-state index contributed by atoms with van der Waals surface area (Å²) in [4.78, 5) is 37.7. The molecular formula is C20H14N2O5. The summed E-state index contributed by atoms with van der Waals surface area (Å²) < 4.78 is 10.9. The molecule has 0 bridgehead atoms. The van der Waals surface area contributed by atoms with Gasteiger partial charge in [-0.05, 0) is 30.3 Å².